The van der Waals surface area contributed by atoms with E-state index in [0.717, 1.165) is 11.3 Å². The number of non-ortho nitro benzene ring substituents is 1. The van der Waals surface area contributed by atoms with E-state index in [9.17, 15) is 14.9 Å². The fourth-order valence-electron chi connectivity index (χ4n) is 2.16. The van der Waals surface area contributed by atoms with Gasteiger partial charge in [-0.3, -0.25) is 14.9 Å². The average Bonchev–Trinajstić information content (AvgIpc) is 2.56. The lowest BCUT2D eigenvalue weighted by Crippen LogP contribution is -2.33. The van der Waals surface area contributed by atoms with Crippen LogP contribution in [0.2, 0.25) is 0 Å². The summed E-state index contributed by atoms with van der Waals surface area (Å²) in [4.78, 5) is 24.1. The summed E-state index contributed by atoms with van der Waals surface area (Å²) in [6, 6.07) is 16.0. The van der Waals surface area contributed by atoms with E-state index < -0.39 is 4.92 Å². The molecule has 1 amide bonds. The fourth-order valence-corrected chi connectivity index (χ4v) is 2.16. The number of hydrogen-bond acceptors (Lipinski definition) is 4. The second-order valence-electron chi connectivity index (χ2n) is 5.21. The molecule has 120 valence electrons. The predicted molar refractivity (Wildman–Crippen MR) is 89.5 cm³/mol. The molecule has 2 aromatic carbocycles. The minimum absolute atomic E-state index is 0.0265. The highest BCUT2D eigenvalue weighted by atomic mass is 16.6. The van der Waals surface area contributed by atoms with E-state index in [1.807, 2.05) is 37.4 Å². The van der Waals surface area contributed by atoms with Crippen molar-refractivity contribution < 1.29 is 9.72 Å². The van der Waals surface area contributed by atoms with Gasteiger partial charge in [0.15, 0.2) is 0 Å². The Morgan fingerprint density at radius 1 is 1.13 bits per heavy atom. The lowest BCUT2D eigenvalue weighted by atomic mass is 10.1. The first kappa shape index (κ1) is 16.5. The Balaban J connectivity index is 1.76. The molecule has 0 aliphatic carbocycles. The van der Waals surface area contributed by atoms with Crippen LogP contribution in [0.5, 0.6) is 0 Å². The Labute approximate surface area is 134 Å². The van der Waals surface area contributed by atoms with E-state index in [-0.39, 0.29) is 18.0 Å². The number of amides is 1. The summed E-state index contributed by atoms with van der Waals surface area (Å²) in [5.41, 5.74) is 1.88. The van der Waals surface area contributed by atoms with E-state index >= 15 is 0 Å². The smallest absolute Gasteiger partial charge is 0.269 e. The number of benzene rings is 2. The van der Waals surface area contributed by atoms with Crippen LogP contribution in [0.1, 0.15) is 5.56 Å². The lowest BCUT2D eigenvalue weighted by Gasteiger charge is -2.19. The number of nitro benzene ring substituents is 1. The third-order valence-corrected chi connectivity index (χ3v) is 3.48. The van der Waals surface area contributed by atoms with E-state index in [2.05, 4.69) is 10.2 Å². The highest BCUT2D eigenvalue weighted by molar-refractivity contribution is 5.78. The zero-order valence-corrected chi connectivity index (χ0v) is 12.9. The number of nitrogens with zero attached hydrogens (tertiary/aromatic N) is 2. The first-order chi connectivity index (χ1) is 11.1. The molecule has 0 saturated heterocycles. The van der Waals surface area contributed by atoms with Gasteiger partial charge in [-0.05, 0) is 17.7 Å². The number of rotatable bonds is 7. The molecule has 0 aliphatic heterocycles. The van der Waals surface area contributed by atoms with Crippen molar-refractivity contribution in [1.82, 2.24) is 5.32 Å². The second kappa shape index (κ2) is 7.93. The molecule has 0 radical (unpaired) electrons. The third kappa shape index (κ3) is 5.10. The molecule has 1 N–H and O–H groups in total. The molecule has 0 atom stereocenters. The molecule has 2 aromatic rings. The zero-order chi connectivity index (χ0) is 16.7. The standard InChI is InChI=1S/C17H19N3O3/c1-19(15-5-3-2-4-6-15)12-11-18-17(21)13-14-7-9-16(10-8-14)20(22)23/h2-10H,11-13H2,1H3,(H,18,21). The number of carbonyl (C=O) groups is 1. The van der Waals surface area contributed by atoms with Crippen molar-refractivity contribution in [2.24, 2.45) is 0 Å². The first-order valence-electron chi connectivity index (χ1n) is 7.32. The van der Waals surface area contributed by atoms with Gasteiger partial charge in [0.05, 0.1) is 11.3 Å². The van der Waals surface area contributed by atoms with E-state index in [1.165, 1.54) is 12.1 Å². The highest BCUT2D eigenvalue weighted by Crippen LogP contribution is 2.12. The number of anilines is 1. The Morgan fingerprint density at radius 2 is 1.78 bits per heavy atom. The molecule has 0 spiro atoms. The van der Waals surface area contributed by atoms with Gasteiger partial charge in [-0.25, -0.2) is 0 Å². The summed E-state index contributed by atoms with van der Waals surface area (Å²) >= 11 is 0. The maximum absolute atomic E-state index is 11.9. The molecule has 23 heavy (non-hydrogen) atoms. The number of carbonyl (C=O) groups excluding carboxylic acids is 1. The maximum atomic E-state index is 11.9. The van der Waals surface area contributed by atoms with Crippen LogP contribution in [0.25, 0.3) is 0 Å². The lowest BCUT2D eigenvalue weighted by molar-refractivity contribution is -0.384. The quantitative estimate of drug-likeness (QED) is 0.629. The van der Waals surface area contributed by atoms with Crippen LogP contribution < -0.4 is 10.2 Å². The van der Waals surface area contributed by atoms with Crippen LogP contribution in [-0.2, 0) is 11.2 Å². The molecule has 0 fully saturated rings. The molecule has 0 aliphatic rings. The monoisotopic (exact) mass is 313 g/mol. The number of nitro groups is 1. The van der Waals surface area contributed by atoms with Gasteiger partial charge in [-0.1, -0.05) is 30.3 Å². The second-order valence-corrected chi connectivity index (χ2v) is 5.21. The van der Waals surface area contributed by atoms with Crippen LogP contribution in [-0.4, -0.2) is 31.0 Å². The van der Waals surface area contributed by atoms with Crippen LogP contribution in [0.15, 0.2) is 54.6 Å². The van der Waals surface area contributed by atoms with Gasteiger partial charge in [0.25, 0.3) is 5.69 Å². The number of nitrogens with one attached hydrogen (secondary N) is 1. The minimum Gasteiger partial charge on any atom is -0.373 e. The summed E-state index contributed by atoms with van der Waals surface area (Å²) in [5.74, 6) is -0.0969. The molecule has 0 unspecified atom stereocenters. The molecule has 6 nitrogen and oxygen atoms in total. The van der Waals surface area contributed by atoms with Gasteiger partial charge in [0, 0.05) is 38.0 Å². The van der Waals surface area contributed by atoms with Gasteiger partial charge in [0.2, 0.25) is 5.91 Å². The Morgan fingerprint density at radius 3 is 2.39 bits per heavy atom. The molecular weight excluding hydrogens is 294 g/mol. The molecule has 6 heteroatoms. The van der Waals surface area contributed by atoms with Crippen molar-refractivity contribution in [2.45, 2.75) is 6.42 Å². The summed E-state index contributed by atoms with van der Waals surface area (Å²) in [5, 5.41) is 13.4. The van der Waals surface area contributed by atoms with Gasteiger partial charge >= 0.3 is 0 Å². The van der Waals surface area contributed by atoms with Crippen molar-refractivity contribution in [3.63, 3.8) is 0 Å². The van der Waals surface area contributed by atoms with Crippen LogP contribution in [0.4, 0.5) is 11.4 Å². The largest absolute Gasteiger partial charge is 0.373 e. The van der Waals surface area contributed by atoms with Gasteiger partial charge in [-0.2, -0.15) is 0 Å². The van der Waals surface area contributed by atoms with Gasteiger partial charge in [0.1, 0.15) is 0 Å². The molecule has 0 bridgehead atoms. The number of likely N-dealkylation sites (N-methyl/N-ethyl adjacent to an activating group) is 1. The average molecular weight is 313 g/mol. The minimum atomic E-state index is -0.455. The SMILES string of the molecule is CN(CCNC(=O)Cc1ccc([N+](=O)[O-])cc1)c1ccccc1. The van der Waals surface area contributed by atoms with Crippen molar-refractivity contribution in [1.29, 1.82) is 0 Å². The topological polar surface area (TPSA) is 75.5 Å². The molecule has 0 aromatic heterocycles. The van der Waals surface area contributed by atoms with E-state index in [1.54, 1.807) is 12.1 Å². The predicted octanol–water partition coefficient (Wildman–Crippen LogP) is 2.39. The Hall–Kier alpha value is -2.89. The number of para-hydroxylation sites is 1. The van der Waals surface area contributed by atoms with Crippen molar-refractivity contribution in [2.75, 3.05) is 25.0 Å². The van der Waals surface area contributed by atoms with E-state index in [0.29, 0.717) is 13.1 Å². The normalized spacial score (nSPS) is 10.1. The highest BCUT2D eigenvalue weighted by Gasteiger charge is 2.07. The summed E-state index contributed by atoms with van der Waals surface area (Å²) in [6.45, 7) is 1.24. The van der Waals surface area contributed by atoms with Crippen molar-refractivity contribution >= 4 is 17.3 Å². The van der Waals surface area contributed by atoms with Crippen LogP contribution in [0.3, 0.4) is 0 Å². The van der Waals surface area contributed by atoms with Crippen molar-refractivity contribution in [3.8, 4) is 0 Å². The van der Waals surface area contributed by atoms with Crippen molar-refractivity contribution in [3.05, 3.63) is 70.3 Å². The van der Waals surface area contributed by atoms with E-state index in [4.69, 9.17) is 0 Å². The molecular formula is C17H19N3O3. The summed E-state index contributed by atoms with van der Waals surface area (Å²) in [6.07, 6.45) is 0.215. The molecule has 2 rings (SSSR count). The van der Waals surface area contributed by atoms with Gasteiger partial charge < -0.3 is 10.2 Å². The Kier molecular flexibility index (Phi) is 5.68. The first-order valence-corrected chi connectivity index (χ1v) is 7.32. The molecule has 0 heterocycles. The third-order valence-electron chi connectivity index (χ3n) is 3.48. The summed E-state index contributed by atoms with van der Waals surface area (Å²) < 4.78 is 0. The van der Waals surface area contributed by atoms with Crippen LogP contribution >= 0.6 is 0 Å². The number of hydrogen-bond donors (Lipinski definition) is 1. The maximum Gasteiger partial charge on any atom is 0.269 e. The van der Waals surface area contributed by atoms with Crippen LogP contribution in [0, 0.1) is 10.1 Å². The zero-order valence-electron chi connectivity index (χ0n) is 12.9. The summed E-state index contributed by atoms with van der Waals surface area (Å²) in [7, 11) is 1.97. The Bertz CT molecular complexity index is 657. The fraction of sp³-hybridized carbons (Fsp3) is 0.235. The van der Waals surface area contributed by atoms with Gasteiger partial charge in [-0.15, -0.1) is 0 Å². The molecule has 0 saturated carbocycles.